The number of fused-ring (bicyclic) bond motifs is 1. The van der Waals surface area contributed by atoms with Crippen molar-refractivity contribution in [1.82, 2.24) is 15.2 Å². The van der Waals surface area contributed by atoms with E-state index in [1.54, 1.807) is 6.20 Å². The number of anilines is 1. The highest BCUT2D eigenvalue weighted by atomic mass is 19.1. The molecule has 4 rings (SSSR count). The number of hydrogen-bond donors (Lipinski definition) is 2. The van der Waals surface area contributed by atoms with Crippen molar-refractivity contribution in [2.45, 2.75) is 6.54 Å². The molecule has 2 aromatic heterocycles. The predicted molar refractivity (Wildman–Crippen MR) is 103 cm³/mol. The average Bonchev–Trinajstić information content (AvgIpc) is 3.07. The number of hydrogen-bond acceptors (Lipinski definition) is 3. The summed E-state index contributed by atoms with van der Waals surface area (Å²) in [6, 6.07) is 14.9. The van der Waals surface area contributed by atoms with Crippen LogP contribution in [0.15, 0.2) is 60.8 Å². The van der Waals surface area contributed by atoms with Crippen LogP contribution in [0.3, 0.4) is 0 Å². The molecule has 4 nitrogen and oxygen atoms in total. The van der Waals surface area contributed by atoms with E-state index in [1.807, 2.05) is 48.6 Å². The number of nitrogens with zero attached hydrogens (tertiary/aromatic N) is 2. The predicted octanol–water partition coefficient (Wildman–Crippen LogP) is 5.02. The number of H-pyrrole nitrogens is 1. The Kier molecular flexibility index (Phi) is 4.61. The second-order valence-electron chi connectivity index (χ2n) is 6.09. The van der Waals surface area contributed by atoms with Gasteiger partial charge in [0.05, 0.1) is 16.9 Å². The molecule has 0 saturated carbocycles. The summed E-state index contributed by atoms with van der Waals surface area (Å²) in [6.07, 6.45) is 5.56. The number of aromatic amines is 1. The van der Waals surface area contributed by atoms with Crippen LogP contribution in [0, 0.1) is 11.6 Å². The topological polar surface area (TPSA) is 53.6 Å². The minimum atomic E-state index is -0.584. The molecule has 0 spiro atoms. The number of aromatic nitrogens is 3. The highest BCUT2D eigenvalue weighted by molar-refractivity contribution is 5.91. The summed E-state index contributed by atoms with van der Waals surface area (Å²) in [7, 11) is 0. The Morgan fingerprint density at radius 2 is 1.81 bits per heavy atom. The molecule has 0 atom stereocenters. The Morgan fingerprint density at radius 3 is 2.59 bits per heavy atom. The molecule has 0 unspecified atom stereocenters. The van der Waals surface area contributed by atoms with Gasteiger partial charge >= 0.3 is 0 Å². The van der Waals surface area contributed by atoms with Gasteiger partial charge in [0.1, 0.15) is 11.6 Å². The van der Waals surface area contributed by atoms with E-state index in [4.69, 9.17) is 0 Å². The molecule has 0 saturated heterocycles. The molecule has 0 radical (unpaired) electrons. The molecular weight excluding hydrogens is 346 g/mol. The first-order valence-corrected chi connectivity index (χ1v) is 8.43. The Hall–Kier alpha value is -3.54. The Bertz CT molecular complexity index is 1080. The monoisotopic (exact) mass is 362 g/mol. The van der Waals surface area contributed by atoms with Crippen molar-refractivity contribution in [2.75, 3.05) is 5.32 Å². The molecule has 0 aliphatic heterocycles. The maximum Gasteiger partial charge on any atom is 0.126 e. The molecule has 6 heteroatoms. The van der Waals surface area contributed by atoms with Gasteiger partial charge in [-0.2, -0.15) is 5.10 Å². The van der Waals surface area contributed by atoms with Crippen molar-refractivity contribution in [2.24, 2.45) is 0 Å². The van der Waals surface area contributed by atoms with E-state index < -0.39 is 11.6 Å². The van der Waals surface area contributed by atoms with Crippen LogP contribution in [-0.2, 0) is 6.54 Å². The van der Waals surface area contributed by atoms with Gasteiger partial charge in [-0.05, 0) is 60.2 Å². The maximum absolute atomic E-state index is 13.3. The summed E-state index contributed by atoms with van der Waals surface area (Å²) in [4.78, 5) is 4.26. The van der Waals surface area contributed by atoms with Gasteiger partial charge in [0, 0.05) is 29.9 Å². The highest BCUT2D eigenvalue weighted by Gasteiger charge is 2.05. The van der Waals surface area contributed by atoms with Crippen LogP contribution >= 0.6 is 0 Å². The third-order valence-electron chi connectivity index (χ3n) is 4.11. The average molecular weight is 362 g/mol. The first-order chi connectivity index (χ1) is 13.2. The van der Waals surface area contributed by atoms with Gasteiger partial charge < -0.3 is 5.32 Å². The molecule has 4 aromatic rings. The molecule has 0 bridgehead atoms. The first-order valence-electron chi connectivity index (χ1n) is 8.43. The lowest BCUT2D eigenvalue weighted by atomic mass is 10.1. The van der Waals surface area contributed by atoms with E-state index in [-0.39, 0.29) is 0 Å². The summed E-state index contributed by atoms with van der Waals surface area (Å²) in [5.74, 6) is -1.17. The van der Waals surface area contributed by atoms with Gasteiger partial charge in [0.25, 0.3) is 0 Å². The molecule has 0 aliphatic carbocycles. The highest BCUT2D eigenvalue weighted by Crippen LogP contribution is 2.23. The zero-order valence-electron chi connectivity index (χ0n) is 14.3. The molecule has 0 aliphatic rings. The van der Waals surface area contributed by atoms with Gasteiger partial charge in [-0.1, -0.05) is 6.07 Å². The van der Waals surface area contributed by atoms with Crippen LogP contribution in [0.2, 0.25) is 0 Å². The number of pyridine rings is 1. The fourth-order valence-corrected chi connectivity index (χ4v) is 2.83. The molecule has 27 heavy (non-hydrogen) atoms. The fourth-order valence-electron chi connectivity index (χ4n) is 2.83. The van der Waals surface area contributed by atoms with Crippen molar-refractivity contribution in [3.63, 3.8) is 0 Å². The normalized spacial score (nSPS) is 11.3. The van der Waals surface area contributed by atoms with Crippen molar-refractivity contribution in [3.8, 4) is 0 Å². The summed E-state index contributed by atoms with van der Waals surface area (Å²) in [5, 5.41) is 11.4. The van der Waals surface area contributed by atoms with Crippen LogP contribution in [0.5, 0.6) is 0 Å². The van der Waals surface area contributed by atoms with Gasteiger partial charge in [0.2, 0.25) is 0 Å². The van der Waals surface area contributed by atoms with Gasteiger partial charge in [0.15, 0.2) is 0 Å². The number of nitrogens with one attached hydrogen (secondary N) is 2. The molecule has 134 valence electrons. The van der Waals surface area contributed by atoms with E-state index in [0.717, 1.165) is 34.0 Å². The fraction of sp³-hybridized carbons (Fsp3) is 0.0476. The molecule has 0 fully saturated rings. The number of rotatable bonds is 5. The van der Waals surface area contributed by atoms with Crippen LogP contribution < -0.4 is 5.32 Å². The van der Waals surface area contributed by atoms with Crippen LogP contribution in [0.25, 0.3) is 23.1 Å². The Morgan fingerprint density at radius 1 is 0.963 bits per heavy atom. The van der Waals surface area contributed by atoms with E-state index in [0.29, 0.717) is 12.1 Å². The molecule has 2 aromatic carbocycles. The third kappa shape index (κ3) is 4.00. The lowest BCUT2D eigenvalue weighted by Crippen LogP contribution is -2.00. The van der Waals surface area contributed by atoms with Gasteiger partial charge in [-0.3, -0.25) is 10.1 Å². The second kappa shape index (κ2) is 7.37. The van der Waals surface area contributed by atoms with Crippen LogP contribution in [0.4, 0.5) is 14.5 Å². The second-order valence-corrected chi connectivity index (χ2v) is 6.09. The minimum absolute atomic E-state index is 0.317. The summed E-state index contributed by atoms with van der Waals surface area (Å²) in [5.41, 5.74) is 3.91. The maximum atomic E-state index is 13.3. The lowest BCUT2D eigenvalue weighted by molar-refractivity contribution is 0.580. The van der Waals surface area contributed by atoms with Crippen molar-refractivity contribution in [1.29, 1.82) is 0 Å². The van der Waals surface area contributed by atoms with E-state index in [9.17, 15) is 8.78 Å². The van der Waals surface area contributed by atoms with E-state index >= 15 is 0 Å². The molecule has 0 amide bonds. The number of halogens is 2. The smallest absolute Gasteiger partial charge is 0.126 e. The lowest BCUT2D eigenvalue weighted by Gasteiger charge is -2.07. The van der Waals surface area contributed by atoms with Crippen molar-refractivity contribution < 1.29 is 8.78 Å². The standard InChI is InChI=1S/C21H16F2N4/c22-15-9-14(10-16(23)11-15)13-25-18-5-7-21-19(12-18)20(26-27-21)6-4-17-3-1-2-8-24-17/h1-12,25H,13H2,(H,26,27)/b6-4+. The Balaban J connectivity index is 1.55. The van der Waals surface area contributed by atoms with Crippen LogP contribution in [-0.4, -0.2) is 15.2 Å². The third-order valence-corrected chi connectivity index (χ3v) is 4.11. The van der Waals surface area contributed by atoms with Crippen molar-refractivity contribution >= 4 is 28.7 Å². The number of benzene rings is 2. The molecule has 2 heterocycles. The molecule has 2 N–H and O–H groups in total. The van der Waals surface area contributed by atoms with E-state index in [2.05, 4.69) is 20.5 Å². The zero-order valence-corrected chi connectivity index (χ0v) is 14.3. The summed E-state index contributed by atoms with van der Waals surface area (Å²) >= 11 is 0. The van der Waals surface area contributed by atoms with Crippen LogP contribution in [0.1, 0.15) is 17.0 Å². The largest absolute Gasteiger partial charge is 0.381 e. The molecular formula is C21H16F2N4. The first kappa shape index (κ1) is 16.9. The quantitative estimate of drug-likeness (QED) is 0.524. The van der Waals surface area contributed by atoms with Crippen molar-refractivity contribution in [3.05, 3.63) is 89.4 Å². The summed E-state index contributed by atoms with van der Waals surface area (Å²) < 4.78 is 26.6. The van der Waals surface area contributed by atoms with E-state index in [1.165, 1.54) is 12.1 Å². The summed E-state index contributed by atoms with van der Waals surface area (Å²) in [6.45, 7) is 0.317. The van der Waals surface area contributed by atoms with Gasteiger partial charge in [-0.15, -0.1) is 0 Å². The zero-order chi connectivity index (χ0) is 18.6. The Labute approximate surface area is 154 Å². The van der Waals surface area contributed by atoms with Gasteiger partial charge in [-0.25, -0.2) is 8.78 Å². The minimum Gasteiger partial charge on any atom is -0.381 e. The SMILES string of the molecule is Fc1cc(F)cc(CNc2ccc3n[nH]c(/C=C/c4ccccn4)c3c2)c1.